The lowest BCUT2D eigenvalue weighted by molar-refractivity contribution is -0.385. The topological polar surface area (TPSA) is 69.4 Å². The van der Waals surface area contributed by atoms with Crippen LogP contribution >= 0.6 is 23.2 Å². The molecular weight excluding hydrogens is 293 g/mol. The van der Waals surface area contributed by atoms with Crippen LogP contribution in [-0.2, 0) is 9.53 Å². The quantitative estimate of drug-likeness (QED) is 0.470. The smallest absolute Gasteiger partial charge is 0.309 e. The van der Waals surface area contributed by atoms with Gasteiger partial charge in [0.15, 0.2) is 0 Å². The number of benzene rings is 1. The van der Waals surface area contributed by atoms with Crippen LogP contribution in [0.4, 0.5) is 5.69 Å². The largest absolute Gasteiger partial charge is 0.466 e. The predicted molar refractivity (Wildman–Crippen MR) is 73.4 cm³/mol. The first kappa shape index (κ1) is 15.5. The number of ether oxygens (including phenoxy) is 1. The number of hydrogen-bond donors (Lipinski definition) is 0. The Hall–Kier alpha value is -1.59. The maximum absolute atomic E-state index is 11.1. The Morgan fingerprint density at radius 2 is 2.05 bits per heavy atom. The van der Waals surface area contributed by atoms with Gasteiger partial charge in [-0.05, 0) is 13.0 Å². The minimum Gasteiger partial charge on any atom is -0.466 e. The fraction of sp³-hybridized carbons (Fsp3) is 0.250. The van der Waals surface area contributed by atoms with Crippen LogP contribution in [0.2, 0.25) is 10.0 Å². The molecule has 0 fully saturated rings. The summed E-state index contributed by atoms with van der Waals surface area (Å²) in [5, 5.41) is 11.2. The van der Waals surface area contributed by atoms with E-state index in [1.54, 1.807) is 6.92 Å². The van der Waals surface area contributed by atoms with Gasteiger partial charge in [-0.3, -0.25) is 14.9 Å². The SMILES string of the molecule is CCOC(=O)CC=Cc1cc(Cl)c(Cl)cc1[N+](=O)[O-]. The molecule has 0 unspecified atom stereocenters. The summed E-state index contributed by atoms with van der Waals surface area (Å²) in [6.45, 7) is 1.99. The van der Waals surface area contributed by atoms with E-state index in [0.717, 1.165) is 0 Å². The number of halogens is 2. The zero-order valence-corrected chi connectivity index (χ0v) is 11.6. The van der Waals surface area contributed by atoms with Crippen molar-refractivity contribution in [2.24, 2.45) is 0 Å². The molecule has 7 heteroatoms. The van der Waals surface area contributed by atoms with E-state index in [1.807, 2.05) is 0 Å². The van der Waals surface area contributed by atoms with E-state index in [1.165, 1.54) is 24.3 Å². The molecule has 0 amide bonds. The molecule has 1 rings (SSSR count). The maximum atomic E-state index is 11.1. The van der Waals surface area contributed by atoms with Crippen LogP contribution in [0.1, 0.15) is 18.9 Å². The second kappa shape index (κ2) is 7.11. The minimum absolute atomic E-state index is 0.0330. The molecule has 0 heterocycles. The van der Waals surface area contributed by atoms with E-state index >= 15 is 0 Å². The first-order valence-corrected chi connectivity index (χ1v) is 6.17. The molecule has 0 spiro atoms. The van der Waals surface area contributed by atoms with E-state index in [-0.39, 0.29) is 27.7 Å². The van der Waals surface area contributed by atoms with Crippen molar-refractivity contribution in [3.63, 3.8) is 0 Å². The summed E-state index contributed by atoms with van der Waals surface area (Å²) in [6.07, 6.45) is 2.95. The van der Waals surface area contributed by atoms with Crippen molar-refractivity contribution >= 4 is 40.9 Å². The van der Waals surface area contributed by atoms with E-state index < -0.39 is 10.9 Å². The molecule has 0 aliphatic heterocycles. The van der Waals surface area contributed by atoms with Gasteiger partial charge in [0.25, 0.3) is 5.69 Å². The Kier molecular flexibility index (Phi) is 5.79. The highest BCUT2D eigenvalue weighted by atomic mass is 35.5. The number of carbonyl (C=O) groups is 1. The molecule has 5 nitrogen and oxygen atoms in total. The van der Waals surface area contributed by atoms with Crippen molar-refractivity contribution < 1.29 is 14.5 Å². The number of esters is 1. The molecule has 0 saturated heterocycles. The van der Waals surface area contributed by atoms with Gasteiger partial charge in [-0.25, -0.2) is 0 Å². The lowest BCUT2D eigenvalue weighted by Gasteiger charge is -2.01. The highest BCUT2D eigenvalue weighted by Crippen LogP contribution is 2.31. The summed E-state index contributed by atoms with van der Waals surface area (Å²) in [5.74, 6) is -0.401. The first-order valence-electron chi connectivity index (χ1n) is 5.41. The molecule has 1 aromatic carbocycles. The van der Waals surface area contributed by atoms with Crippen LogP contribution in [0, 0.1) is 10.1 Å². The fourth-order valence-corrected chi connectivity index (χ4v) is 1.68. The second-order valence-electron chi connectivity index (χ2n) is 3.49. The van der Waals surface area contributed by atoms with Gasteiger partial charge >= 0.3 is 5.97 Å². The molecule has 0 N–H and O–H groups in total. The zero-order chi connectivity index (χ0) is 14.4. The number of nitro benzene ring substituents is 1. The summed E-state index contributed by atoms with van der Waals surface area (Å²) in [7, 11) is 0. The lowest BCUT2D eigenvalue weighted by Crippen LogP contribution is -2.01. The average Bonchev–Trinajstić information content (AvgIpc) is 2.33. The number of carbonyl (C=O) groups excluding carboxylic acids is 1. The van der Waals surface area contributed by atoms with Crippen LogP contribution in [0.25, 0.3) is 6.08 Å². The molecule has 102 valence electrons. The third kappa shape index (κ3) is 4.54. The Bertz CT molecular complexity index is 529. The Labute approximate surface area is 119 Å². The van der Waals surface area contributed by atoms with Crippen molar-refractivity contribution in [1.29, 1.82) is 0 Å². The standard InChI is InChI=1S/C12H11Cl2NO4/c1-2-19-12(16)5-3-4-8-6-9(13)10(14)7-11(8)15(17)18/h3-4,6-7H,2,5H2,1H3. The normalized spacial score (nSPS) is 10.7. The zero-order valence-electron chi connectivity index (χ0n) is 10.1. The molecule has 0 aliphatic carbocycles. The molecule has 0 bridgehead atoms. The predicted octanol–water partition coefficient (Wildman–Crippen LogP) is 3.87. The fourth-order valence-electron chi connectivity index (χ4n) is 1.35. The Balaban J connectivity index is 2.93. The first-order chi connectivity index (χ1) is 8.95. The van der Waals surface area contributed by atoms with E-state index in [9.17, 15) is 14.9 Å². The Morgan fingerprint density at radius 3 is 2.63 bits per heavy atom. The maximum Gasteiger partial charge on any atom is 0.309 e. The van der Waals surface area contributed by atoms with Crippen LogP contribution in [-0.4, -0.2) is 17.5 Å². The van der Waals surface area contributed by atoms with Crippen LogP contribution in [0.5, 0.6) is 0 Å². The van der Waals surface area contributed by atoms with Gasteiger partial charge in [0.2, 0.25) is 0 Å². The van der Waals surface area contributed by atoms with Crippen LogP contribution < -0.4 is 0 Å². The molecule has 1 aromatic rings. The van der Waals surface area contributed by atoms with Gasteiger partial charge in [0, 0.05) is 6.07 Å². The van der Waals surface area contributed by atoms with Crippen molar-refractivity contribution in [3.05, 3.63) is 43.9 Å². The average molecular weight is 304 g/mol. The van der Waals surface area contributed by atoms with Crippen molar-refractivity contribution in [2.45, 2.75) is 13.3 Å². The number of nitro groups is 1. The van der Waals surface area contributed by atoms with Gasteiger partial charge in [-0.1, -0.05) is 35.4 Å². The molecule has 19 heavy (non-hydrogen) atoms. The van der Waals surface area contributed by atoms with Crippen molar-refractivity contribution in [1.82, 2.24) is 0 Å². The molecular formula is C12H11Cl2NO4. The van der Waals surface area contributed by atoms with Gasteiger partial charge in [0.05, 0.1) is 33.6 Å². The molecule has 0 aliphatic rings. The highest BCUT2D eigenvalue weighted by molar-refractivity contribution is 6.42. The van der Waals surface area contributed by atoms with Crippen molar-refractivity contribution in [3.8, 4) is 0 Å². The van der Waals surface area contributed by atoms with Crippen LogP contribution in [0.3, 0.4) is 0 Å². The monoisotopic (exact) mass is 303 g/mol. The number of rotatable bonds is 5. The van der Waals surface area contributed by atoms with E-state index in [0.29, 0.717) is 6.61 Å². The highest BCUT2D eigenvalue weighted by Gasteiger charge is 2.14. The summed E-state index contributed by atoms with van der Waals surface area (Å²) in [6, 6.07) is 2.55. The number of hydrogen-bond acceptors (Lipinski definition) is 4. The summed E-state index contributed by atoms with van der Waals surface area (Å²) in [5.41, 5.74) is 0.109. The third-order valence-corrected chi connectivity index (χ3v) is 2.88. The van der Waals surface area contributed by atoms with Crippen molar-refractivity contribution in [2.75, 3.05) is 6.61 Å². The summed E-state index contributed by atoms with van der Waals surface area (Å²) in [4.78, 5) is 21.4. The van der Waals surface area contributed by atoms with Gasteiger partial charge in [-0.2, -0.15) is 0 Å². The third-order valence-electron chi connectivity index (χ3n) is 2.15. The lowest BCUT2D eigenvalue weighted by atomic mass is 10.1. The van der Waals surface area contributed by atoms with Gasteiger partial charge in [0.1, 0.15) is 0 Å². The number of nitrogens with zero attached hydrogens (tertiary/aromatic N) is 1. The van der Waals surface area contributed by atoms with E-state index in [2.05, 4.69) is 0 Å². The summed E-state index contributed by atoms with van der Waals surface area (Å²) < 4.78 is 4.73. The molecule has 0 atom stereocenters. The molecule has 0 radical (unpaired) electrons. The summed E-state index contributed by atoms with van der Waals surface area (Å²) >= 11 is 11.5. The van der Waals surface area contributed by atoms with Gasteiger partial charge < -0.3 is 4.74 Å². The minimum atomic E-state index is -0.563. The second-order valence-corrected chi connectivity index (χ2v) is 4.31. The van der Waals surface area contributed by atoms with E-state index in [4.69, 9.17) is 27.9 Å². The molecule has 0 saturated carbocycles. The van der Waals surface area contributed by atoms with Crippen LogP contribution in [0.15, 0.2) is 18.2 Å². The van der Waals surface area contributed by atoms with Gasteiger partial charge in [-0.15, -0.1) is 0 Å². The molecule has 0 aromatic heterocycles. The Morgan fingerprint density at radius 1 is 1.42 bits per heavy atom.